The quantitative estimate of drug-likeness (QED) is 0.666. The number of rotatable bonds is 10. The summed E-state index contributed by atoms with van der Waals surface area (Å²) in [7, 11) is -3.36. The Balaban J connectivity index is 3.04. The maximum Gasteiger partial charge on any atom is 0.209 e. The van der Waals surface area contributed by atoms with Crippen molar-refractivity contribution in [3.63, 3.8) is 0 Å². The molecule has 0 saturated carbocycles. The van der Waals surface area contributed by atoms with Crippen molar-refractivity contribution in [2.24, 2.45) is 5.41 Å². The molecule has 0 fully saturated rings. The second kappa shape index (κ2) is 7.94. The van der Waals surface area contributed by atoms with Crippen molar-refractivity contribution in [2.45, 2.75) is 85.4 Å². The van der Waals surface area contributed by atoms with Crippen molar-refractivity contribution in [3.8, 4) is 0 Å². The minimum absolute atomic E-state index is 0.300. The molecule has 0 radical (unpaired) electrons. The lowest BCUT2D eigenvalue weighted by atomic mass is 9.75. The number of hydrogen-bond acceptors (Lipinski definition) is 5. The van der Waals surface area contributed by atoms with Crippen LogP contribution in [0.25, 0.3) is 0 Å². The normalized spacial score (nSPS) is 15.3. The SMILES string of the molecule is CCC(C)(C)OCC(NS(C)(=O)=O)C(C)(C)CC(C)(C)n1cc(C)nn1. The summed E-state index contributed by atoms with van der Waals surface area (Å²) in [5.74, 6) is 0. The predicted octanol–water partition coefficient (Wildman–Crippen LogP) is 2.86. The van der Waals surface area contributed by atoms with E-state index >= 15 is 0 Å². The fourth-order valence-electron chi connectivity index (χ4n) is 3.05. The van der Waals surface area contributed by atoms with Gasteiger partial charge < -0.3 is 4.74 Å². The second-order valence-electron chi connectivity index (χ2n) is 9.15. The van der Waals surface area contributed by atoms with Crippen molar-refractivity contribution in [1.82, 2.24) is 19.7 Å². The second-order valence-corrected chi connectivity index (χ2v) is 10.9. The molecule has 1 atom stereocenters. The zero-order valence-corrected chi connectivity index (χ0v) is 18.6. The first-order valence-corrected chi connectivity index (χ1v) is 11.0. The standard InChI is InChI=1S/C18H36N4O3S/c1-10-18(7,8)25-12-15(20-26(9,23)24)16(3,4)13-17(5,6)22-11-14(2)19-21-22/h11,15,20H,10,12-13H2,1-9H3. The average molecular weight is 389 g/mol. The Morgan fingerprint density at radius 3 is 2.23 bits per heavy atom. The van der Waals surface area contributed by atoms with Gasteiger partial charge in [0.1, 0.15) is 0 Å². The van der Waals surface area contributed by atoms with Crippen molar-refractivity contribution < 1.29 is 13.2 Å². The van der Waals surface area contributed by atoms with E-state index in [-0.39, 0.29) is 22.6 Å². The van der Waals surface area contributed by atoms with Gasteiger partial charge in [-0.05, 0) is 52.9 Å². The predicted molar refractivity (Wildman–Crippen MR) is 105 cm³/mol. The number of aryl methyl sites for hydroxylation is 1. The summed E-state index contributed by atoms with van der Waals surface area (Å²) in [6, 6.07) is -0.354. The van der Waals surface area contributed by atoms with Crippen molar-refractivity contribution in [2.75, 3.05) is 12.9 Å². The lowest BCUT2D eigenvalue weighted by Gasteiger charge is -2.41. The van der Waals surface area contributed by atoms with E-state index in [2.05, 4.69) is 49.7 Å². The smallest absolute Gasteiger partial charge is 0.209 e. The number of ether oxygens (including phenoxy) is 1. The van der Waals surface area contributed by atoms with Crippen molar-refractivity contribution >= 4 is 10.0 Å². The van der Waals surface area contributed by atoms with Crippen LogP contribution >= 0.6 is 0 Å². The van der Waals surface area contributed by atoms with E-state index in [4.69, 9.17) is 4.74 Å². The molecule has 0 bridgehead atoms. The van der Waals surface area contributed by atoms with Gasteiger partial charge in [-0.2, -0.15) is 0 Å². The molecule has 0 aromatic carbocycles. The Labute approximate surface area is 158 Å². The van der Waals surface area contributed by atoms with Crippen molar-refractivity contribution in [3.05, 3.63) is 11.9 Å². The molecule has 26 heavy (non-hydrogen) atoms. The highest BCUT2D eigenvalue weighted by Gasteiger charge is 2.39. The number of aromatic nitrogens is 3. The third kappa shape index (κ3) is 6.96. The molecule has 8 heteroatoms. The van der Waals surface area contributed by atoms with E-state index in [9.17, 15) is 8.42 Å². The third-order valence-corrected chi connectivity index (χ3v) is 5.62. The summed E-state index contributed by atoms with van der Waals surface area (Å²) in [6.45, 7) is 16.6. The fraction of sp³-hybridized carbons (Fsp3) is 0.889. The first-order valence-electron chi connectivity index (χ1n) is 9.09. The van der Waals surface area contributed by atoms with Crippen LogP contribution in [-0.4, -0.2) is 47.9 Å². The fourth-order valence-corrected chi connectivity index (χ4v) is 3.95. The molecule has 1 aromatic rings. The van der Waals surface area contributed by atoms with Crippen LogP contribution in [0.4, 0.5) is 0 Å². The number of nitrogens with one attached hydrogen (secondary N) is 1. The zero-order chi connectivity index (χ0) is 20.4. The lowest BCUT2D eigenvalue weighted by molar-refractivity contribution is -0.0461. The molecule has 152 valence electrons. The van der Waals surface area contributed by atoms with Crippen LogP contribution in [-0.2, 0) is 20.3 Å². The summed E-state index contributed by atoms with van der Waals surface area (Å²) in [5.41, 5.74) is -0.125. The maximum absolute atomic E-state index is 11.9. The van der Waals surface area contributed by atoms with E-state index in [0.717, 1.165) is 12.1 Å². The largest absolute Gasteiger partial charge is 0.374 e. The molecular weight excluding hydrogens is 352 g/mol. The molecule has 1 aromatic heterocycles. The minimum atomic E-state index is -3.36. The van der Waals surface area contributed by atoms with Gasteiger partial charge in [-0.1, -0.05) is 26.0 Å². The summed E-state index contributed by atoms with van der Waals surface area (Å²) >= 11 is 0. The lowest BCUT2D eigenvalue weighted by Crippen LogP contribution is -2.51. The highest BCUT2D eigenvalue weighted by Crippen LogP contribution is 2.36. The number of hydrogen-bond donors (Lipinski definition) is 1. The van der Waals surface area contributed by atoms with Gasteiger partial charge in [-0.3, -0.25) is 0 Å². The molecule has 0 amide bonds. The number of nitrogens with zero attached hydrogens (tertiary/aromatic N) is 3. The highest BCUT2D eigenvalue weighted by atomic mass is 32.2. The van der Waals surface area contributed by atoms with Gasteiger partial charge in [0.15, 0.2) is 0 Å². The van der Waals surface area contributed by atoms with Crippen LogP contribution in [0.5, 0.6) is 0 Å². The Morgan fingerprint density at radius 2 is 1.81 bits per heavy atom. The molecule has 1 heterocycles. The molecule has 0 aliphatic carbocycles. The molecule has 1 rings (SSSR count). The maximum atomic E-state index is 11.9. The Kier molecular flexibility index (Phi) is 7.04. The molecule has 7 nitrogen and oxygen atoms in total. The first-order chi connectivity index (χ1) is 11.6. The topological polar surface area (TPSA) is 86.1 Å². The average Bonchev–Trinajstić information content (AvgIpc) is 2.88. The van der Waals surface area contributed by atoms with Gasteiger partial charge in [-0.25, -0.2) is 17.8 Å². The Hall–Kier alpha value is -0.990. The van der Waals surface area contributed by atoms with E-state index in [0.29, 0.717) is 13.0 Å². The minimum Gasteiger partial charge on any atom is -0.374 e. The van der Waals surface area contributed by atoms with E-state index in [1.807, 2.05) is 31.6 Å². The van der Waals surface area contributed by atoms with Crippen LogP contribution < -0.4 is 4.72 Å². The van der Waals surface area contributed by atoms with Crippen LogP contribution in [0.3, 0.4) is 0 Å². The zero-order valence-electron chi connectivity index (χ0n) is 17.8. The van der Waals surface area contributed by atoms with Crippen molar-refractivity contribution in [1.29, 1.82) is 0 Å². The third-order valence-electron chi connectivity index (χ3n) is 4.91. The van der Waals surface area contributed by atoms with Gasteiger partial charge in [0.05, 0.1) is 35.7 Å². The first kappa shape index (κ1) is 23.0. The van der Waals surface area contributed by atoms with Gasteiger partial charge in [0.2, 0.25) is 10.0 Å². The molecule has 0 aliphatic heterocycles. The van der Waals surface area contributed by atoms with E-state index in [1.165, 1.54) is 6.26 Å². The van der Waals surface area contributed by atoms with Crippen LogP contribution in [0.1, 0.15) is 67.0 Å². The monoisotopic (exact) mass is 388 g/mol. The summed E-state index contributed by atoms with van der Waals surface area (Å²) in [4.78, 5) is 0. The molecule has 0 saturated heterocycles. The van der Waals surface area contributed by atoms with Crippen LogP contribution in [0.2, 0.25) is 0 Å². The summed E-state index contributed by atoms with van der Waals surface area (Å²) in [6.07, 6.45) is 4.65. The Morgan fingerprint density at radius 1 is 1.23 bits per heavy atom. The van der Waals surface area contributed by atoms with E-state index < -0.39 is 10.0 Å². The summed E-state index contributed by atoms with van der Waals surface area (Å²) < 4.78 is 34.5. The van der Waals surface area contributed by atoms with Crippen LogP contribution in [0.15, 0.2) is 6.20 Å². The summed E-state index contributed by atoms with van der Waals surface area (Å²) in [5, 5.41) is 8.27. The van der Waals surface area contributed by atoms with Gasteiger partial charge >= 0.3 is 0 Å². The van der Waals surface area contributed by atoms with Gasteiger partial charge in [0.25, 0.3) is 0 Å². The van der Waals surface area contributed by atoms with Gasteiger partial charge in [-0.15, -0.1) is 5.10 Å². The molecule has 1 unspecified atom stereocenters. The van der Waals surface area contributed by atoms with E-state index in [1.54, 1.807) is 0 Å². The molecule has 1 N–H and O–H groups in total. The molecular formula is C18H36N4O3S. The van der Waals surface area contributed by atoms with Gasteiger partial charge in [0, 0.05) is 6.20 Å². The number of sulfonamides is 1. The Bertz CT molecular complexity index is 693. The van der Waals surface area contributed by atoms with Crippen LogP contribution in [0, 0.1) is 12.3 Å². The molecule has 0 spiro atoms. The molecule has 0 aliphatic rings. The highest BCUT2D eigenvalue weighted by molar-refractivity contribution is 7.88.